The minimum atomic E-state index is -0.436. The van der Waals surface area contributed by atoms with Crippen molar-refractivity contribution < 1.29 is 9.72 Å². The van der Waals surface area contributed by atoms with Gasteiger partial charge in [0.15, 0.2) is 0 Å². The Hall–Kier alpha value is -1.95. The van der Waals surface area contributed by atoms with E-state index in [1.54, 1.807) is 17.0 Å². The molecule has 21 heavy (non-hydrogen) atoms. The van der Waals surface area contributed by atoms with Gasteiger partial charge in [0.05, 0.1) is 11.3 Å². The maximum Gasteiger partial charge on any atom is 0.269 e. The first kappa shape index (κ1) is 15.4. The van der Waals surface area contributed by atoms with E-state index in [9.17, 15) is 14.9 Å². The zero-order valence-corrected chi connectivity index (χ0v) is 12.2. The van der Waals surface area contributed by atoms with Crippen molar-refractivity contribution in [2.24, 2.45) is 5.92 Å². The van der Waals surface area contributed by atoms with Gasteiger partial charge in [-0.1, -0.05) is 12.1 Å². The smallest absolute Gasteiger partial charge is 0.269 e. The number of hydrogen-bond acceptors (Lipinski definition) is 4. The molecule has 0 radical (unpaired) electrons. The van der Waals surface area contributed by atoms with Crippen molar-refractivity contribution in [3.8, 4) is 0 Å². The molecule has 1 N–H and O–H groups in total. The summed E-state index contributed by atoms with van der Waals surface area (Å²) in [5.74, 6) is 0.624. The van der Waals surface area contributed by atoms with Crippen LogP contribution in [0.25, 0.3) is 0 Å². The molecule has 114 valence electrons. The van der Waals surface area contributed by atoms with Gasteiger partial charge in [-0.25, -0.2) is 0 Å². The van der Waals surface area contributed by atoms with E-state index in [0.29, 0.717) is 12.3 Å². The number of nitrogens with one attached hydrogen (secondary N) is 1. The first-order chi connectivity index (χ1) is 10.1. The molecule has 0 bridgehead atoms. The van der Waals surface area contributed by atoms with E-state index >= 15 is 0 Å². The quantitative estimate of drug-likeness (QED) is 0.660. The Morgan fingerprint density at radius 2 is 1.95 bits per heavy atom. The van der Waals surface area contributed by atoms with Crippen LogP contribution in [0.2, 0.25) is 0 Å². The number of amides is 1. The Morgan fingerprint density at radius 3 is 2.52 bits per heavy atom. The van der Waals surface area contributed by atoms with E-state index in [0.717, 1.165) is 38.0 Å². The molecule has 0 spiro atoms. The van der Waals surface area contributed by atoms with Gasteiger partial charge in [-0.2, -0.15) is 0 Å². The standard InChI is InChI=1S/C15H21N3O3/c1-17(11-13-6-8-16-9-7-13)15(19)10-12-2-4-14(5-3-12)18(20)21/h2-5,13,16H,6-11H2,1H3. The average molecular weight is 291 g/mol. The van der Waals surface area contributed by atoms with Crippen LogP contribution in [-0.4, -0.2) is 42.4 Å². The molecule has 1 heterocycles. The van der Waals surface area contributed by atoms with Crippen molar-refractivity contribution in [2.75, 3.05) is 26.7 Å². The van der Waals surface area contributed by atoms with Gasteiger partial charge in [0.25, 0.3) is 5.69 Å². The minimum Gasteiger partial charge on any atom is -0.345 e. The second-order valence-electron chi connectivity index (χ2n) is 5.57. The number of benzene rings is 1. The van der Waals surface area contributed by atoms with E-state index in [-0.39, 0.29) is 11.6 Å². The molecule has 0 aromatic heterocycles. The largest absolute Gasteiger partial charge is 0.345 e. The van der Waals surface area contributed by atoms with Crippen molar-refractivity contribution in [1.82, 2.24) is 10.2 Å². The summed E-state index contributed by atoms with van der Waals surface area (Å²) in [4.78, 5) is 24.1. The van der Waals surface area contributed by atoms with Crippen molar-refractivity contribution in [3.05, 3.63) is 39.9 Å². The van der Waals surface area contributed by atoms with Gasteiger partial charge in [-0.05, 0) is 37.4 Å². The van der Waals surface area contributed by atoms with Crippen molar-refractivity contribution in [2.45, 2.75) is 19.3 Å². The topological polar surface area (TPSA) is 75.5 Å². The summed E-state index contributed by atoms with van der Waals surface area (Å²) in [6.45, 7) is 2.83. The number of carbonyl (C=O) groups excluding carboxylic acids is 1. The Bertz CT molecular complexity index is 495. The van der Waals surface area contributed by atoms with Crippen LogP contribution in [0.1, 0.15) is 18.4 Å². The predicted octanol–water partition coefficient (Wildman–Crippen LogP) is 1.60. The zero-order chi connectivity index (χ0) is 15.2. The number of hydrogen-bond donors (Lipinski definition) is 1. The molecule has 1 aliphatic rings. The van der Waals surface area contributed by atoms with E-state index < -0.39 is 4.92 Å². The van der Waals surface area contributed by atoms with Crippen LogP contribution in [0, 0.1) is 16.0 Å². The van der Waals surface area contributed by atoms with Crippen LogP contribution in [0.15, 0.2) is 24.3 Å². The Morgan fingerprint density at radius 1 is 1.33 bits per heavy atom. The van der Waals surface area contributed by atoms with Gasteiger partial charge in [-0.3, -0.25) is 14.9 Å². The molecule has 6 nitrogen and oxygen atoms in total. The molecule has 1 fully saturated rings. The molecule has 1 saturated heterocycles. The lowest BCUT2D eigenvalue weighted by atomic mass is 9.97. The van der Waals surface area contributed by atoms with E-state index in [2.05, 4.69) is 5.32 Å². The molecule has 6 heteroatoms. The average Bonchev–Trinajstić information content (AvgIpc) is 2.48. The molecular weight excluding hydrogens is 270 g/mol. The third-order valence-corrected chi connectivity index (χ3v) is 3.92. The number of nitrogens with zero attached hydrogens (tertiary/aromatic N) is 2. The second-order valence-corrected chi connectivity index (χ2v) is 5.57. The van der Waals surface area contributed by atoms with Gasteiger partial charge in [-0.15, -0.1) is 0 Å². The van der Waals surface area contributed by atoms with Gasteiger partial charge in [0, 0.05) is 25.7 Å². The Balaban J connectivity index is 1.86. The van der Waals surface area contributed by atoms with Crippen LogP contribution < -0.4 is 5.32 Å². The molecular formula is C15H21N3O3. The molecule has 0 unspecified atom stereocenters. The fourth-order valence-corrected chi connectivity index (χ4v) is 2.60. The normalized spacial score (nSPS) is 15.7. The SMILES string of the molecule is CN(CC1CCNCC1)C(=O)Cc1ccc([N+](=O)[O-])cc1. The first-order valence-corrected chi connectivity index (χ1v) is 7.24. The maximum absolute atomic E-state index is 12.2. The van der Waals surface area contributed by atoms with Gasteiger partial charge < -0.3 is 10.2 Å². The summed E-state index contributed by atoms with van der Waals surface area (Å²) in [6.07, 6.45) is 2.50. The summed E-state index contributed by atoms with van der Waals surface area (Å²) in [6, 6.07) is 6.17. The Kier molecular flexibility index (Phi) is 5.27. The van der Waals surface area contributed by atoms with Crippen LogP contribution in [0.4, 0.5) is 5.69 Å². The summed E-state index contributed by atoms with van der Waals surface area (Å²) in [7, 11) is 1.83. The second kappa shape index (κ2) is 7.17. The number of rotatable bonds is 5. The van der Waals surface area contributed by atoms with Gasteiger partial charge in [0.2, 0.25) is 5.91 Å². The monoisotopic (exact) mass is 291 g/mol. The zero-order valence-electron chi connectivity index (χ0n) is 12.2. The fourth-order valence-electron chi connectivity index (χ4n) is 2.60. The number of carbonyl (C=O) groups is 1. The molecule has 1 aromatic rings. The number of nitro benzene ring substituents is 1. The summed E-state index contributed by atoms with van der Waals surface area (Å²) in [5, 5.41) is 13.9. The first-order valence-electron chi connectivity index (χ1n) is 7.24. The summed E-state index contributed by atoms with van der Waals surface area (Å²) >= 11 is 0. The van der Waals surface area contributed by atoms with E-state index in [1.807, 2.05) is 7.05 Å². The van der Waals surface area contributed by atoms with Crippen molar-refractivity contribution in [1.29, 1.82) is 0 Å². The summed E-state index contributed by atoms with van der Waals surface area (Å²) in [5.41, 5.74) is 0.858. The highest BCUT2D eigenvalue weighted by atomic mass is 16.6. The number of likely N-dealkylation sites (N-methyl/N-ethyl adjacent to an activating group) is 1. The summed E-state index contributed by atoms with van der Waals surface area (Å²) < 4.78 is 0. The lowest BCUT2D eigenvalue weighted by Crippen LogP contribution is -2.37. The Labute approximate surface area is 124 Å². The highest BCUT2D eigenvalue weighted by Gasteiger charge is 2.18. The highest BCUT2D eigenvalue weighted by molar-refractivity contribution is 5.78. The molecule has 1 amide bonds. The van der Waals surface area contributed by atoms with Crippen molar-refractivity contribution in [3.63, 3.8) is 0 Å². The highest BCUT2D eigenvalue weighted by Crippen LogP contribution is 2.15. The third-order valence-electron chi connectivity index (χ3n) is 3.92. The molecule has 0 saturated carbocycles. The fraction of sp³-hybridized carbons (Fsp3) is 0.533. The van der Waals surface area contributed by atoms with E-state index in [4.69, 9.17) is 0 Å². The lowest BCUT2D eigenvalue weighted by molar-refractivity contribution is -0.384. The molecule has 2 rings (SSSR count). The van der Waals surface area contributed by atoms with Crippen LogP contribution in [-0.2, 0) is 11.2 Å². The molecule has 1 aromatic carbocycles. The molecule has 0 atom stereocenters. The lowest BCUT2D eigenvalue weighted by Gasteiger charge is -2.27. The number of non-ortho nitro benzene ring substituents is 1. The maximum atomic E-state index is 12.2. The molecule has 0 aliphatic carbocycles. The number of piperidine rings is 1. The minimum absolute atomic E-state index is 0.0502. The van der Waals surface area contributed by atoms with Crippen LogP contribution in [0.5, 0.6) is 0 Å². The third kappa shape index (κ3) is 4.53. The van der Waals surface area contributed by atoms with Gasteiger partial charge >= 0.3 is 0 Å². The number of nitro groups is 1. The van der Waals surface area contributed by atoms with E-state index in [1.165, 1.54) is 12.1 Å². The molecule has 1 aliphatic heterocycles. The predicted molar refractivity (Wildman–Crippen MR) is 80.0 cm³/mol. The van der Waals surface area contributed by atoms with Crippen molar-refractivity contribution >= 4 is 11.6 Å². The van der Waals surface area contributed by atoms with Crippen LogP contribution >= 0.6 is 0 Å². The van der Waals surface area contributed by atoms with Gasteiger partial charge in [0.1, 0.15) is 0 Å². The van der Waals surface area contributed by atoms with Crippen LogP contribution in [0.3, 0.4) is 0 Å².